The summed E-state index contributed by atoms with van der Waals surface area (Å²) in [5, 5.41) is 0. The van der Waals surface area contributed by atoms with E-state index in [-0.39, 0.29) is 0 Å². The van der Waals surface area contributed by atoms with Crippen LogP contribution in [0.5, 0.6) is 0 Å². The molecule has 0 amide bonds. The Balaban J connectivity index is 1.88. The molecule has 0 bridgehead atoms. The van der Waals surface area contributed by atoms with E-state index in [0.717, 1.165) is 26.4 Å². The molecule has 12 heavy (non-hydrogen) atoms. The number of alkyl halides is 1. The summed E-state index contributed by atoms with van der Waals surface area (Å²) in [6.45, 7) is 5.75. The van der Waals surface area contributed by atoms with Gasteiger partial charge in [-0.3, -0.25) is 0 Å². The molecule has 0 atom stereocenters. The summed E-state index contributed by atoms with van der Waals surface area (Å²) >= 11 is 2.40. The molecule has 0 aromatic rings. The van der Waals surface area contributed by atoms with Crippen LogP contribution in [0.4, 0.5) is 0 Å². The van der Waals surface area contributed by atoms with E-state index in [1.54, 1.807) is 0 Å². The van der Waals surface area contributed by atoms with E-state index in [0.29, 0.717) is 5.41 Å². The minimum atomic E-state index is 0.324. The van der Waals surface area contributed by atoms with E-state index in [2.05, 4.69) is 29.5 Å². The van der Waals surface area contributed by atoms with Crippen molar-refractivity contribution in [2.75, 3.05) is 30.9 Å². The molecule has 1 aliphatic heterocycles. The van der Waals surface area contributed by atoms with Gasteiger partial charge >= 0.3 is 0 Å². The zero-order valence-electron chi connectivity index (χ0n) is 7.64. The molecule has 0 unspecified atom stereocenters. The highest BCUT2D eigenvalue weighted by Crippen LogP contribution is 2.26. The third-order valence-electron chi connectivity index (χ3n) is 2.02. The first-order valence-corrected chi connectivity index (χ1v) is 6.01. The minimum Gasteiger partial charge on any atom is -0.381 e. The Labute approximate surface area is 88.1 Å². The standard InChI is InChI=1S/C9H17IO2/c1-9(7-12-8-9)6-11-5-3-2-4-10/h2-8H2,1H3. The quantitative estimate of drug-likeness (QED) is 0.423. The van der Waals surface area contributed by atoms with Crippen molar-refractivity contribution in [3.05, 3.63) is 0 Å². The Morgan fingerprint density at radius 1 is 1.42 bits per heavy atom. The topological polar surface area (TPSA) is 18.5 Å². The van der Waals surface area contributed by atoms with Gasteiger partial charge in [0.1, 0.15) is 0 Å². The van der Waals surface area contributed by atoms with Crippen LogP contribution in [0.25, 0.3) is 0 Å². The molecule has 0 aromatic carbocycles. The van der Waals surface area contributed by atoms with Crippen LogP contribution in [0.2, 0.25) is 0 Å². The van der Waals surface area contributed by atoms with Gasteiger partial charge in [-0.25, -0.2) is 0 Å². The summed E-state index contributed by atoms with van der Waals surface area (Å²) in [4.78, 5) is 0. The fourth-order valence-corrected chi connectivity index (χ4v) is 1.69. The molecule has 0 saturated carbocycles. The van der Waals surface area contributed by atoms with Crippen molar-refractivity contribution in [3.63, 3.8) is 0 Å². The molecule has 72 valence electrons. The van der Waals surface area contributed by atoms with Crippen molar-refractivity contribution in [2.24, 2.45) is 5.41 Å². The Kier molecular flexibility index (Phi) is 4.82. The molecule has 0 aromatic heterocycles. The van der Waals surface area contributed by atoms with Crippen LogP contribution in [-0.4, -0.2) is 30.9 Å². The average Bonchev–Trinajstić information content (AvgIpc) is 2.01. The Bertz CT molecular complexity index is 124. The highest BCUT2D eigenvalue weighted by atomic mass is 127. The predicted molar refractivity (Wildman–Crippen MR) is 57.9 cm³/mol. The summed E-state index contributed by atoms with van der Waals surface area (Å²) in [5.74, 6) is 0. The van der Waals surface area contributed by atoms with E-state index >= 15 is 0 Å². The van der Waals surface area contributed by atoms with Gasteiger partial charge in [0.2, 0.25) is 0 Å². The minimum absolute atomic E-state index is 0.324. The summed E-state index contributed by atoms with van der Waals surface area (Å²) in [6.07, 6.45) is 2.47. The molecule has 2 nitrogen and oxygen atoms in total. The SMILES string of the molecule is CC1(COCCCCI)COC1. The maximum atomic E-state index is 5.56. The largest absolute Gasteiger partial charge is 0.381 e. The van der Waals surface area contributed by atoms with Gasteiger partial charge in [-0.1, -0.05) is 29.5 Å². The van der Waals surface area contributed by atoms with Crippen molar-refractivity contribution in [1.82, 2.24) is 0 Å². The number of unbranched alkanes of at least 4 members (excludes halogenated alkanes) is 1. The molecule has 0 N–H and O–H groups in total. The Hall–Kier alpha value is 0.650. The first-order chi connectivity index (χ1) is 5.77. The van der Waals surface area contributed by atoms with Gasteiger partial charge in [-0.2, -0.15) is 0 Å². The molecule has 0 spiro atoms. The maximum Gasteiger partial charge on any atom is 0.0564 e. The number of hydrogen-bond acceptors (Lipinski definition) is 2. The van der Waals surface area contributed by atoms with E-state index in [1.165, 1.54) is 17.3 Å². The lowest BCUT2D eigenvalue weighted by Crippen LogP contribution is -2.43. The summed E-state index contributed by atoms with van der Waals surface area (Å²) in [5.41, 5.74) is 0.324. The molecule has 1 aliphatic rings. The van der Waals surface area contributed by atoms with Crippen LogP contribution in [0.15, 0.2) is 0 Å². The monoisotopic (exact) mass is 284 g/mol. The van der Waals surface area contributed by atoms with Crippen LogP contribution in [0.1, 0.15) is 19.8 Å². The zero-order chi connectivity index (χ0) is 8.86. The fraction of sp³-hybridized carbons (Fsp3) is 1.00. The highest BCUT2D eigenvalue weighted by Gasteiger charge is 2.33. The lowest BCUT2D eigenvalue weighted by Gasteiger charge is -2.37. The Morgan fingerprint density at radius 2 is 2.17 bits per heavy atom. The first kappa shape index (κ1) is 10.7. The molecule has 1 fully saturated rings. The van der Waals surface area contributed by atoms with Gasteiger partial charge in [0.15, 0.2) is 0 Å². The van der Waals surface area contributed by atoms with E-state index in [9.17, 15) is 0 Å². The van der Waals surface area contributed by atoms with Gasteiger partial charge in [-0.05, 0) is 17.3 Å². The second-order valence-corrected chi connectivity index (χ2v) is 4.83. The van der Waals surface area contributed by atoms with E-state index in [4.69, 9.17) is 9.47 Å². The predicted octanol–water partition coefficient (Wildman–Crippen LogP) is 2.25. The molecule has 0 radical (unpaired) electrons. The van der Waals surface area contributed by atoms with Crippen LogP contribution >= 0.6 is 22.6 Å². The molecule has 0 aliphatic carbocycles. The van der Waals surface area contributed by atoms with Crippen molar-refractivity contribution in [3.8, 4) is 0 Å². The van der Waals surface area contributed by atoms with Gasteiger partial charge in [0, 0.05) is 12.0 Å². The summed E-state index contributed by atoms with van der Waals surface area (Å²) < 4.78 is 11.9. The number of hydrogen-bond donors (Lipinski definition) is 0. The van der Waals surface area contributed by atoms with Crippen LogP contribution in [-0.2, 0) is 9.47 Å². The third-order valence-corrected chi connectivity index (χ3v) is 2.79. The van der Waals surface area contributed by atoms with Crippen LogP contribution in [0, 0.1) is 5.41 Å². The van der Waals surface area contributed by atoms with Gasteiger partial charge in [0.05, 0.1) is 19.8 Å². The van der Waals surface area contributed by atoms with Crippen molar-refractivity contribution < 1.29 is 9.47 Å². The molecule has 1 saturated heterocycles. The molecular formula is C9H17IO2. The fourth-order valence-electron chi connectivity index (χ4n) is 1.15. The second kappa shape index (κ2) is 5.40. The van der Waals surface area contributed by atoms with E-state index in [1.807, 2.05) is 0 Å². The molecule has 1 rings (SSSR count). The normalized spacial score (nSPS) is 20.5. The number of halogens is 1. The summed E-state index contributed by atoms with van der Waals surface area (Å²) in [6, 6.07) is 0. The van der Waals surface area contributed by atoms with Gasteiger partial charge in [-0.15, -0.1) is 0 Å². The van der Waals surface area contributed by atoms with Crippen molar-refractivity contribution in [2.45, 2.75) is 19.8 Å². The molecular weight excluding hydrogens is 267 g/mol. The lowest BCUT2D eigenvalue weighted by atomic mass is 9.90. The van der Waals surface area contributed by atoms with Gasteiger partial charge in [0.25, 0.3) is 0 Å². The smallest absolute Gasteiger partial charge is 0.0564 e. The van der Waals surface area contributed by atoms with Crippen molar-refractivity contribution in [1.29, 1.82) is 0 Å². The third kappa shape index (κ3) is 3.58. The lowest BCUT2D eigenvalue weighted by molar-refractivity contribution is -0.137. The first-order valence-electron chi connectivity index (χ1n) is 4.48. The summed E-state index contributed by atoms with van der Waals surface area (Å²) in [7, 11) is 0. The number of rotatable bonds is 6. The highest BCUT2D eigenvalue weighted by molar-refractivity contribution is 14.1. The zero-order valence-corrected chi connectivity index (χ0v) is 9.80. The average molecular weight is 284 g/mol. The van der Waals surface area contributed by atoms with Crippen LogP contribution in [0.3, 0.4) is 0 Å². The molecule has 1 heterocycles. The van der Waals surface area contributed by atoms with Gasteiger partial charge < -0.3 is 9.47 Å². The van der Waals surface area contributed by atoms with E-state index < -0.39 is 0 Å². The Morgan fingerprint density at radius 3 is 2.67 bits per heavy atom. The van der Waals surface area contributed by atoms with Crippen molar-refractivity contribution >= 4 is 22.6 Å². The number of ether oxygens (including phenoxy) is 2. The second-order valence-electron chi connectivity index (χ2n) is 3.75. The van der Waals surface area contributed by atoms with Crippen LogP contribution < -0.4 is 0 Å². The maximum absolute atomic E-state index is 5.56. The molecule has 3 heteroatoms.